The molecule has 2 heterocycles. The van der Waals surface area contributed by atoms with Crippen molar-refractivity contribution in [2.75, 3.05) is 7.05 Å². The molecule has 2 aliphatic heterocycles. The average Bonchev–Trinajstić information content (AvgIpc) is 2.83. The van der Waals surface area contributed by atoms with Crippen LogP contribution in [0.4, 0.5) is 8.78 Å². The molecule has 1 nitrogen and oxygen atoms in total. The summed E-state index contributed by atoms with van der Waals surface area (Å²) in [4.78, 5) is 2.56. The highest BCUT2D eigenvalue weighted by Gasteiger charge is 2.39. The van der Waals surface area contributed by atoms with E-state index >= 15 is 0 Å². The molecular formula is C22H25F2N. The van der Waals surface area contributed by atoms with Gasteiger partial charge in [-0.25, -0.2) is 8.78 Å². The number of piperidine rings is 1. The molecule has 0 amide bonds. The van der Waals surface area contributed by atoms with Crippen molar-refractivity contribution in [1.82, 2.24) is 4.90 Å². The lowest BCUT2D eigenvalue weighted by molar-refractivity contribution is 0.127. The highest BCUT2D eigenvalue weighted by Crippen LogP contribution is 2.42. The number of rotatable bonds is 4. The second kappa shape index (κ2) is 6.87. The zero-order chi connectivity index (χ0) is 17.4. The molecule has 2 aliphatic rings. The second-order valence-electron chi connectivity index (χ2n) is 7.78. The molecule has 0 aromatic heterocycles. The van der Waals surface area contributed by atoms with Crippen molar-refractivity contribution < 1.29 is 8.78 Å². The number of hydrogen-bond donors (Lipinski definition) is 0. The average molecular weight is 341 g/mol. The Balaban J connectivity index is 1.59. The minimum atomic E-state index is -0.209. The van der Waals surface area contributed by atoms with Gasteiger partial charge < -0.3 is 4.90 Å². The predicted octanol–water partition coefficient (Wildman–Crippen LogP) is 5.36. The molecule has 2 atom stereocenters. The zero-order valence-electron chi connectivity index (χ0n) is 14.7. The Morgan fingerprint density at radius 2 is 1.28 bits per heavy atom. The summed E-state index contributed by atoms with van der Waals surface area (Å²) < 4.78 is 26.7. The third kappa shape index (κ3) is 3.48. The number of benzene rings is 2. The molecule has 0 spiro atoms. The SMILES string of the molecule is CN1C2CCC1CC(CC(c1ccc(F)cc1)c1ccc(F)cc1)C2. The highest BCUT2D eigenvalue weighted by atomic mass is 19.1. The molecule has 4 rings (SSSR count). The van der Waals surface area contributed by atoms with Gasteiger partial charge in [0.2, 0.25) is 0 Å². The fourth-order valence-corrected chi connectivity index (χ4v) is 4.90. The maximum Gasteiger partial charge on any atom is 0.123 e. The standard InChI is InChI=1S/C22H25F2N/c1-25-20-10-11-21(25)13-15(12-20)14-22(16-2-6-18(23)7-3-16)17-4-8-19(24)9-5-17/h2-9,15,20-22H,10-14H2,1H3. The van der Waals surface area contributed by atoms with Crippen LogP contribution in [0.2, 0.25) is 0 Å². The highest BCUT2D eigenvalue weighted by molar-refractivity contribution is 5.33. The first kappa shape index (κ1) is 16.7. The van der Waals surface area contributed by atoms with Crippen LogP contribution in [0.15, 0.2) is 48.5 Å². The lowest BCUT2D eigenvalue weighted by Crippen LogP contribution is -2.40. The zero-order valence-corrected chi connectivity index (χ0v) is 14.7. The van der Waals surface area contributed by atoms with Crippen LogP contribution in [0.1, 0.15) is 49.1 Å². The normalized spacial score (nSPS) is 26.3. The van der Waals surface area contributed by atoms with Crippen LogP contribution in [-0.4, -0.2) is 24.0 Å². The number of fused-ring (bicyclic) bond motifs is 2. The van der Waals surface area contributed by atoms with E-state index in [9.17, 15) is 8.78 Å². The topological polar surface area (TPSA) is 3.24 Å². The first-order valence-corrected chi connectivity index (χ1v) is 9.33. The smallest absolute Gasteiger partial charge is 0.123 e. The molecule has 0 radical (unpaired) electrons. The summed E-state index contributed by atoms with van der Waals surface area (Å²) in [6, 6.07) is 15.1. The van der Waals surface area contributed by atoms with E-state index in [1.807, 2.05) is 24.3 Å². The van der Waals surface area contributed by atoms with Gasteiger partial charge >= 0.3 is 0 Å². The first-order chi connectivity index (χ1) is 12.1. The van der Waals surface area contributed by atoms with Crippen molar-refractivity contribution >= 4 is 0 Å². The maximum absolute atomic E-state index is 13.4. The number of nitrogens with zero attached hydrogens (tertiary/aromatic N) is 1. The van der Waals surface area contributed by atoms with Crippen LogP contribution in [0, 0.1) is 17.6 Å². The molecule has 0 aliphatic carbocycles. The van der Waals surface area contributed by atoms with Crippen molar-refractivity contribution in [2.24, 2.45) is 5.92 Å². The van der Waals surface area contributed by atoms with Crippen molar-refractivity contribution in [3.8, 4) is 0 Å². The van der Waals surface area contributed by atoms with Crippen LogP contribution in [0.5, 0.6) is 0 Å². The first-order valence-electron chi connectivity index (χ1n) is 9.33. The minimum absolute atomic E-state index is 0.203. The van der Waals surface area contributed by atoms with E-state index in [4.69, 9.17) is 0 Å². The van der Waals surface area contributed by atoms with E-state index in [2.05, 4.69) is 11.9 Å². The van der Waals surface area contributed by atoms with Crippen LogP contribution >= 0.6 is 0 Å². The summed E-state index contributed by atoms with van der Waals surface area (Å²) >= 11 is 0. The number of halogens is 2. The molecule has 2 bridgehead atoms. The van der Waals surface area contributed by atoms with Gasteiger partial charge in [-0.3, -0.25) is 0 Å². The van der Waals surface area contributed by atoms with Crippen molar-refractivity contribution in [3.63, 3.8) is 0 Å². The molecule has 3 heteroatoms. The predicted molar refractivity (Wildman–Crippen MR) is 96.6 cm³/mol. The van der Waals surface area contributed by atoms with Crippen molar-refractivity contribution in [3.05, 3.63) is 71.3 Å². The summed E-state index contributed by atoms with van der Waals surface area (Å²) in [6.45, 7) is 0. The van der Waals surface area contributed by atoms with Gasteiger partial charge in [-0.05, 0) is 80.5 Å². The van der Waals surface area contributed by atoms with Crippen LogP contribution in [0.3, 0.4) is 0 Å². The van der Waals surface area contributed by atoms with Gasteiger partial charge in [-0.2, -0.15) is 0 Å². The molecule has 2 fully saturated rings. The van der Waals surface area contributed by atoms with E-state index < -0.39 is 0 Å². The van der Waals surface area contributed by atoms with E-state index in [0.29, 0.717) is 18.0 Å². The van der Waals surface area contributed by atoms with Gasteiger partial charge in [0, 0.05) is 18.0 Å². The second-order valence-corrected chi connectivity index (χ2v) is 7.78. The Labute approximate surface area is 148 Å². The van der Waals surface area contributed by atoms with Gasteiger partial charge in [0.05, 0.1) is 0 Å². The molecule has 2 aromatic rings. The third-order valence-electron chi connectivity index (χ3n) is 6.31. The lowest BCUT2D eigenvalue weighted by Gasteiger charge is -2.38. The monoisotopic (exact) mass is 341 g/mol. The van der Waals surface area contributed by atoms with Crippen molar-refractivity contribution in [1.29, 1.82) is 0 Å². The molecule has 2 aromatic carbocycles. The van der Waals surface area contributed by atoms with Gasteiger partial charge in [-0.15, -0.1) is 0 Å². The Morgan fingerprint density at radius 3 is 1.72 bits per heavy atom. The maximum atomic E-state index is 13.4. The summed E-state index contributed by atoms with van der Waals surface area (Å²) in [5.41, 5.74) is 2.25. The van der Waals surface area contributed by atoms with Gasteiger partial charge in [0.1, 0.15) is 11.6 Å². The Morgan fingerprint density at radius 1 is 0.840 bits per heavy atom. The Bertz CT molecular complexity index is 650. The number of hydrogen-bond acceptors (Lipinski definition) is 1. The summed E-state index contributed by atoms with van der Waals surface area (Å²) in [5, 5.41) is 0. The summed E-state index contributed by atoms with van der Waals surface area (Å²) in [6.07, 6.45) is 6.17. The molecule has 0 saturated carbocycles. The Kier molecular flexibility index (Phi) is 4.60. The van der Waals surface area contributed by atoms with Gasteiger partial charge in [-0.1, -0.05) is 24.3 Å². The summed E-state index contributed by atoms with van der Waals surface area (Å²) in [5.74, 6) is 0.459. The van der Waals surface area contributed by atoms with E-state index in [1.54, 1.807) is 0 Å². The third-order valence-corrected chi connectivity index (χ3v) is 6.31. The molecular weight excluding hydrogens is 316 g/mol. The molecule has 25 heavy (non-hydrogen) atoms. The van der Waals surface area contributed by atoms with Gasteiger partial charge in [0.15, 0.2) is 0 Å². The fourth-order valence-electron chi connectivity index (χ4n) is 4.90. The van der Waals surface area contributed by atoms with Crippen LogP contribution in [-0.2, 0) is 0 Å². The Hall–Kier alpha value is -1.74. The van der Waals surface area contributed by atoms with E-state index in [-0.39, 0.29) is 17.6 Å². The summed E-state index contributed by atoms with van der Waals surface area (Å²) in [7, 11) is 2.26. The molecule has 2 saturated heterocycles. The van der Waals surface area contributed by atoms with Crippen LogP contribution in [0.25, 0.3) is 0 Å². The van der Waals surface area contributed by atoms with Crippen LogP contribution < -0.4 is 0 Å². The molecule has 132 valence electrons. The largest absolute Gasteiger partial charge is 0.300 e. The lowest BCUT2D eigenvalue weighted by atomic mass is 9.78. The fraction of sp³-hybridized carbons (Fsp3) is 0.455. The molecule has 0 N–H and O–H groups in total. The molecule has 2 unspecified atom stereocenters. The quantitative estimate of drug-likeness (QED) is 0.723. The van der Waals surface area contributed by atoms with Gasteiger partial charge in [0.25, 0.3) is 0 Å². The van der Waals surface area contributed by atoms with Crippen molar-refractivity contribution in [2.45, 2.75) is 50.1 Å². The van der Waals surface area contributed by atoms with E-state index in [0.717, 1.165) is 17.5 Å². The minimum Gasteiger partial charge on any atom is -0.300 e. The van der Waals surface area contributed by atoms with E-state index in [1.165, 1.54) is 49.9 Å².